The minimum Gasteiger partial charge on any atom is -0.370 e. The van der Waals surface area contributed by atoms with Crippen LogP contribution in [0, 0.1) is 0 Å². The largest absolute Gasteiger partial charge is 0.370 e. The molecule has 0 bridgehead atoms. The minimum atomic E-state index is 0.676. The first-order chi connectivity index (χ1) is 10.1. The SMILES string of the molecule is CCCc1nc(NCC)cc(Nc2cc(Cl)ccc2Br)n1. The molecule has 0 amide bonds. The lowest BCUT2D eigenvalue weighted by Gasteiger charge is -2.12. The van der Waals surface area contributed by atoms with Gasteiger partial charge >= 0.3 is 0 Å². The summed E-state index contributed by atoms with van der Waals surface area (Å²) in [5.74, 6) is 2.42. The second kappa shape index (κ2) is 7.61. The summed E-state index contributed by atoms with van der Waals surface area (Å²) in [6, 6.07) is 7.50. The molecule has 2 aromatic rings. The van der Waals surface area contributed by atoms with Crippen molar-refractivity contribution in [2.45, 2.75) is 26.7 Å². The molecule has 2 rings (SSSR count). The number of aromatic nitrogens is 2. The van der Waals surface area contributed by atoms with Crippen LogP contribution in [0.2, 0.25) is 5.02 Å². The first-order valence-corrected chi connectivity index (χ1v) is 8.13. The van der Waals surface area contributed by atoms with Gasteiger partial charge in [0.2, 0.25) is 0 Å². The third-order valence-electron chi connectivity index (χ3n) is 2.80. The number of nitrogens with zero attached hydrogens (tertiary/aromatic N) is 2. The van der Waals surface area contributed by atoms with E-state index in [1.165, 1.54) is 0 Å². The van der Waals surface area contributed by atoms with Crippen LogP contribution in [0.1, 0.15) is 26.1 Å². The fourth-order valence-electron chi connectivity index (χ4n) is 1.90. The van der Waals surface area contributed by atoms with Gasteiger partial charge in [-0.15, -0.1) is 0 Å². The van der Waals surface area contributed by atoms with Crippen molar-refractivity contribution in [1.29, 1.82) is 0 Å². The van der Waals surface area contributed by atoms with Gasteiger partial charge in [0.15, 0.2) is 0 Å². The summed E-state index contributed by atoms with van der Waals surface area (Å²) in [6.07, 6.45) is 1.86. The van der Waals surface area contributed by atoms with E-state index in [0.29, 0.717) is 5.02 Å². The Bertz CT molecular complexity index is 594. The summed E-state index contributed by atoms with van der Waals surface area (Å²) in [4.78, 5) is 9.04. The summed E-state index contributed by atoms with van der Waals surface area (Å²) < 4.78 is 0.938. The molecule has 0 saturated heterocycles. The monoisotopic (exact) mass is 368 g/mol. The van der Waals surface area contributed by atoms with E-state index < -0.39 is 0 Å². The van der Waals surface area contributed by atoms with Gasteiger partial charge in [-0.05, 0) is 47.5 Å². The Kier molecular flexibility index (Phi) is 5.82. The Hall–Kier alpha value is -1.33. The molecule has 21 heavy (non-hydrogen) atoms. The fraction of sp³-hybridized carbons (Fsp3) is 0.333. The van der Waals surface area contributed by atoms with Crippen LogP contribution in [0.5, 0.6) is 0 Å². The molecule has 1 heterocycles. The molecule has 0 fully saturated rings. The Morgan fingerprint density at radius 2 is 1.90 bits per heavy atom. The first kappa shape index (κ1) is 16.0. The average Bonchev–Trinajstić information content (AvgIpc) is 2.43. The molecule has 2 N–H and O–H groups in total. The maximum Gasteiger partial charge on any atom is 0.136 e. The van der Waals surface area contributed by atoms with E-state index in [1.807, 2.05) is 31.2 Å². The summed E-state index contributed by atoms with van der Waals surface area (Å²) >= 11 is 9.55. The first-order valence-electron chi connectivity index (χ1n) is 6.96. The van der Waals surface area contributed by atoms with E-state index in [-0.39, 0.29) is 0 Å². The lowest BCUT2D eigenvalue weighted by atomic mass is 10.3. The predicted octanol–water partition coefficient (Wildman–Crippen LogP) is 5.02. The van der Waals surface area contributed by atoms with Crippen molar-refractivity contribution < 1.29 is 0 Å². The van der Waals surface area contributed by atoms with Crippen molar-refractivity contribution in [3.05, 3.63) is 39.6 Å². The number of hydrogen-bond donors (Lipinski definition) is 2. The zero-order valence-corrected chi connectivity index (χ0v) is 14.4. The van der Waals surface area contributed by atoms with Crippen molar-refractivity contribution in [2.75, 3.05) is 17.2 Å². The van der Waals surface area contributed by atoms with E-state index in [9.17, 15) is 0 Å². The van der Waals surface area contributed by atoms with Gasteiger partial charge in [-0.25, -0.2) is 9.97 Å². The summed E-state index contributed by atoms with van der Waals surface area (Å²) in [5.41, 5.74) is 0.881. The molecule has 0 aliphatic heterocycles. The van der Waals surface area contributed by atoms with Crippen molar-refractivity contribution in [3.8, 4) is 0 Å². The van der Waals surface area contributed by atoms with Crippen molar-refractivity contribution in [1.82, 2.24) is 9.97 Å². The van der Waals surface area contributed by atoms with E-state index in [4.69, 9.17) is 11.6 Å². The molecule has 1 aromatic carbocycles. The molecule has 0 saturated carbocycles. The van der Waals surface area contributed by atoms with E-state index in [1.54, 1.807) is 0 Å². The third-order valence-corrected chi connectivity index (χ3v) is 3.72. The van der Waals surface area contributed by atoms with Crippen LogP contribution in [-0.2, 0) is 6.42 Å². The standard InChI is InChI=1S/C15H18BrClN4/c1-3-5-13-20-14(18-4-2)9-15(21-13)19-12-8-10(17)6-7-11(12)16/h6-9H,3-5H2,1-2H3,(H2,18,19,20,21). The van der Waals surface area contributed by atoms with Crippen LogP contribution in [0.25, 0.3) is 0 Å². The molecule has 4 nitrogen and oxygen atoms in total. The van der Waals surface area contributed by atoms with Crippen molar-refractivity contribution in [3.63, 3.8) is 0 Å². The highest BCUT2D eigenvalue weighted by Crippen LogP contribution is 2.28. The van der Waals surface area contributed by atoms with Gasteiger partial charge < -0.3 is 10.6 Å². The normalized spacial score (nSPS) is 10.5. The highest BCUT2D eigenvalue weighted by Gasteiger charge is 2.07. The molecular weight excluding hydrogens is 352 g/mol. The molecule has 0 atom stereocenters. The van der Waals surface area contributed by atoms with Gasteiger partial charge in [0, 0.05) is 28.5 Å². The molecule has 0 unspecified atom stereocenters. The number of hydrogen-bond acceptors (Lipinski definition) is 4. The zero-order valence-electron chi connectivity index (χ0n) is 12.1. The molecule has 1 aromatic heterocycles. The second-order valence-corrected chi connectivity index (χ2v) is 5.87. The topological polar surface area (TPSA) is 49.8 Å². The molecule has 0 spiro atoms. The van der Waals surface area contributed by atoms with E-state index in [2.05, 4.69) is 43.5 Å². The Morgan fingerprint density at radius 1 is 1.14 bits per heavy atom. The molecule has 0 aliphatic rings. The zero-order chi connectivity index (χ0) is 15.2. The van der Waals surface area contributed by atoms with Crippen molar-refractivity contribution >= 4 is 44.9 Å². The van der Waals surface area contributed by atoms with Crippen molar-refractivity contribution in [2.24, 2.45) is 0 Å². The van der Waals surface area contributed by atoms with Crippen LogP contribution in [0.3, 0.4) is 0 Å². The average molecular weight is 370 g/mol. The number of rotatable bonds is 6. The molecule has 6 heteroatoms. The second-order valence-electron chi connectivity index (χ2n) is 4.58. The molecule has 0 radical (unpaired) electrons. The quantitative estimate of drug-likeness (QED) is 0.750. The van der Waals surface area contributed by atoms with Crippen LogP contribution in [0.4, 0.5) is 17.3 Å². The maximum atomic E-state index is 6.04. The number of nitrogens with one attached hydrogen (secondary N) is 2. The number of benzene rings is 1. The number of aryl methyl sites for hydroxylation is 1. The van der Waals surface area contributed by atoms with Crippen LogP contribution in [-0.4, -0.2) is 16.5 Å². The summed E-state index contributed by atoms with van der Waals surface area (Å²) in [5, 5.41) is 7.19. The Morgan fingerprint density at radius 3 is 2.62 bits per heavy atom. The minimum absolute atomic E-state index is 0.676. The number of halogens is 2. The molecule has 0 aliphatic carbocycles. The summed E-state index contributed by atoms with van der Waals surface area (Å²) in [6.45, 7) is 4.98. The highest BCUT2D eigenvalue weighted by molar-refractivity contribution is 9.10. The van der Waals surface area contributed by atoms with Gasteiger partial charge in [-0.2, -0.15) is 0 Å². The van der Waals surface area contributed by atoms with E-state index in [0.717, 1.165) is 47.0 Å². The molecule has 112 valence electrons. The highest BCUT2D eigenvalue weighted by atomic mass is 79.9. The van der Waals surface area contributed by atoms with Gasteiger partial charge in [-0.1, -0.05) is 18.5 Å². The Labute approximate surface area is 138 Å². The number of anilines is 3. The fourth-order valence-corrected chi connectivity index (χ4v) is 2.42. The van der Waals surface area contributed by atoms with Gasteiger partial charge in [-0.3, -0.25) is 0 Å². The third kappa shape index (κ3) is 4.58. The van der Waals surface area contributed by atoms with Gasteiger partial charge in [0.1, 0.15) is 17.5 Å². The Balaban J connectivity index is 2.31. The predicted molar refractivity (Wildman–Crippen MR) is 92.6 cm³/mol. The van der Waals surface area contributed by atoms with Crippen LogP contribution >= 0.6 is 27.5 Å². The van der Waals surface area contributed by atoms with Crippen LogP contribution in [0.15, 0.2) is 28.7 Å². The lowest BCUT2D eigenvalue weighted by Crippen LogP contribution is -2.06. The maximum absolute atomic E-state index is 6.04. The van der Waals surface area contributed by atoms with E-state index >= 15 is 0 Å². The van der Waals surface area contributed by atoms with Gasteiger partial charge in [0.05, 0.1) is 5.69 Å². The summed E-state index contributed by atoms with van der Waals surface area (Å²) in [7, 11) is 0. The smallest absolute Gasteiger partial charge is 0.136 e. The molecular formula is C15H18BrClN4. The van der Waals surface area contributed by atoms with Gasteiger partial charge in [0.25, 0.3) is 0 Å². The van der Waals surface area contributed by atoms with Crippen LogP contribution < -0.4 is 10.6 Å². The lowest BCUT2D eigenvalue weighted by molar-refractivity contribution is 0.836.